The van der Waals surface area contributed by atoms with Gasteiger partial charge in [-0.15, -0.1) is 0 Å². The summed E-state index contributed by atoms with van der Waals surface area (Å²) < 4.78 is 7.19. The van der Waals surface area contributed by atoms with E-state index in [1.807, 2.05) is 31.2 Å². The van der Waals surface area contributed by atoms with E-state index in [2.05, 4.69) is 32.2 Å². The summed E-state index contributed by atoms with van der Waals surface area (Å²) in [5, 5.41) is 8.18. The molecule has 1 aliphatic rings. The number of ether oxygens (including phenoxy) is 1. The first-order chi connectivity index (χ1) is 14.2. The maximum absolute atomic E-state index is 12.6. The van der Waals surface area contributed by atoms with Crippen LogP contribution in [0, 0.1) is 5.92 Å². The van der Waals surface area contributed by atoms with Gasteiger partial charge < -0.3 is 15.0 Å². The van der Waals surface area contributed by atoms with Gasteiger partial charge in [-0.25, -0.2) is 14.6 Å². The largest absolute Gasteiger partial charge is 0.492 e. The highest BCUT2D eigenvalue weighted by Gasteiger charge is 2.21. The van der Waals surface area contributed by atoms with E-state index in [1.165, 1.54) is 0 Å². The van der Waals surface area contributed by atoms with Crippen molar-refractivity contribution in [2.75, 3.05) is 29.9 Å². The summed E-state index contributed by atoms with van der Waals surface area (Å²) in [6.07, 6.45) is 5.61. The predicted octanol–water partition coefficient (Wildman–Crippen LogP) is 3.10. The van der Waals surface area contributed by atoms with Gasteiger partial charge in [-0.05, 0) is 37.8 Å². The molecule has 1 saturated heterocycles. The zero-order chi connectivity index (χ0) is 20.2. The van der Waals surface area contributed by atoms with Crippen molar-refractivity contribution in [3.05, 3.63) is 36.8 Å². The topological polar surface area (TPSA) is 85.2 Å². The summed E-state index contributed by atoms with van der Waals surface area (Å²) >= 11 is 0. The number of fused-ring (bicyclic) bond motifs is 1. The van der Waals surface area contributed by atoms with Gasteiger partial charge in [0.05, 0.1) is 23.9 Å². The summed E-state index contributed by atoms with van der Waals surface area (Å²) in [6, 6.07) is 7.39. The number of nitrogens with one attached hydrogen (secondary N) is 1. The van der Waals surface area contributed by atoms with Gasteiger partial charge in [0.2, 0.25) is 5.91 Å². The number of hydrogen-bond donors (Lipinski definition) is 1. The molecule has 1 N–H and O–H groups in total. The van der Waals surface area contributed by atoms with Gasteiger partial charge in [0, 0.05) is 13.1 Å². The lowest BCUT2D eigenvalue weighted by Gasteiger charge is -2.31. The molecule has 8 heteroatoms. The molecule has 0 saturated carbocycles. The summed E-state index contributed by atoms with van der Waals surface area (Å²) in [5.41, 5.74) is 1.32. The number of carbonyl (C=O) groups excluding carboxylic acids is 1. The number of amides is 1. The van der Waals surface area contributed by atoms with Crippen molar-refractivity contribution in [3.63, 3.8) is 0 Å². The van der Waals surface area contributed by atoms with Crippen molar-refractivity contribution in [1.29, 1.82) is 0 Å². The van der Waals surface area contributed by atoms with Crippen molar-refractivity contribution >= 4 is 28.4 Å². The van der Waals surface area contributed by atoms with Crippen molar-refractivity contribution in [2.45, 2.75) is 33.2 Å². The van der Waals surface area contributed by atoms with Crippen LogP contribution in [0.1, 0.15) is 26.7 Å². The molecule has 3 aromatic rings. The van der Waals surface area contributed by atoms with Gasteiger partial charge in [-0.1, -0.05) is 19.1 Å². The Kier molecular flexibility index (Phi) is 5.59. The molecule has 0 unspecified atom stereocenters. The second-order valence-corrected chi connectivity index (χ2v) is 7.38. The Morgan fingerprint density at radius 2 is 2.03 bits per heavy atom. The standard InChI is InChI=1S/C21H26N6O2/c1-3-29-18-7-5-4-6-17(18)25-19(28)13-27-21-16(12-24-27)20(22-14-23-21)26-10-8-15(2)9-11-26/h4-7,12,14-15H,3,8-11,13H2,1-2H3,(H,25,28). The van der Waals surface area contributed by atoms with Crippen molar-refractivity contribution in [1.82, 2.24) is 19.7 Å². The molecule has 0 atom stereocenters. The lowest BCUT2D eigenvalue weighted by Crippen LogP contribution is -2.33. The third-order valence-electron chi connectivity index (χ3n) is 5.25. The van der Waals surface area contributed by atoms with Gasteiger partial charge in [0.25, 0.3) is 0 Å². The molecule has 152 valence electrons. The monoisotopic (exact) mass is 394 g/mol. The van der Waals surface area contributed by atoms with E-state index in [0.717, 1.165) is 43.1 Å². The number of para-hydroxylation sites is 2. The zero-order valence-corrected chi connectivity index (χ0v) is 16.8. The molecular weight excluding hydrogens is 368 g/mol. The highest BCUT2D eigenvalue weighted by molar-refractivity contribution is 5.93. The number of carbonyl (C=O) groups is 1. The Bertz CT molecular complexity index is 994. The van der Waals surface area contributed by atoms with Crippen molar-refractivity contribution in [2.24, 2.45) is 5.92 Å². The number of hydrogen-bond acceptors (Lipinski definition) is 6. The summed E-state index contributed by atoms with van der Waals surface area (Å²) in [4.78, 5) is 23.8. The third kappa shape index (κ3) is 4.16. The highest BCUT2D eigenvalue weighted by atomic mass is 16.5. The van der Waals surface area contributed by atoms with E-state index in [4.69, 9.17) is 4.74 Å². The van der Waals surface area contributed by atoms with Crippen LogP contribution in [0.2, 0.25) is 0 Å². The summed E-state index contributed by atoms with van der Waals surface area (Å²) in [5.74, 6) is 2.11. The number of rotatable bonds is 6. The molecule has 1 amide bonds. The van der Waals surface area contributed by atoms with Gasteiger partial charge >= 0.3 is 0 Å². The van der Waals surface area contributed by atoms with Crippen LogP contribution in [0.25, 0.3) is 11.0 Å². The van der Waals surface area contributed by atoms with E-state index in [0.29, 0.717) is 23.7 Å². The maximum Gasteiger partial charge on any atom is 0.246 e. The molecule has 4 rings (SSSR count). The lowest BCUT2D eigenvalue weighted by atomic mass is 9.99. The Hall–Kier alpha value is -3.16. The Morgan fingerprint density at radius 1 is 1.24 bits per heavy atom. The van der Waals surface area contributed by atoms with Crippen LogP contribution in [0.3, 0.4) is 0 Å². The van der Waals surface area contributed by atoms with E-state index < -0.39 is 0 Å². The first-order valence-electron chi connectivity index (χ1n) is 10.1. The molecule has 0 aliphatic carbocycles. The van der Waals surface area contributed by atoms with Crippen LogP contribution in [0.4, 0.5) is 11.5 Å². The minimum absolute atomic E-state index is 0.0669. The van der Waals surface area contributed by atoms with E-state index >= 15 is 0 Å². The van der Waals surface area contributed by atoms with E-state index in [-0.39, 0.29) is 12.5 Å². The van der Waals surface area contributed by atoms with E-state index in [9.17, 15) is 4.79 Å². The number of benzene rings is 1. The number of piperidine rings is 1. The van der Waals surface area contributed by atoms with Crippen LogP contribution in [0.15, 0.2) is 36.8 Å². The minimum atomic E-state index is -0.186. The fourth-order valence-corrected chi connectivity index (χ4v) is 3.65. The van der Waals surface area contributed by atoms with Crippen molar-refractivity contribution in [3.8, 4) is 5.75 Å². The smallest absolute Gasteiger partial charge is 0.246 e. The molecule has 2 aromatic heterocycles. The average Bonchev–Trinajstić information content (AvgIpc) is 3.13. The summed E-state index contributed by atoms with van der Waals surface area (Å²) in [6.45, 7) is 6.76. The maximum atomic E-state index is 12.6. The SMILES string of the molecule is CCOc1ccccc1NC(=O)Cn1ncc2c(N3CCC(C)CC3)ncnc21. The molecule has 1 aromatic carbocycles. The fourth-order valence-electron chi connectivity index (χ4n) is 3.65. The van der Waals surface area contributed by atoms with Crippen LogP contribution in [0.5, 0.6) is 5.75 Å². The Labute approximate surface area is 169 Å². The molecule has 1 aliphatic heterocycles. The minimum Gasteiger partial charge on any atom is -0.492 e. The van der Waals surface area contributed by atoms with Crippen LogP contribution in [-0.4, -0.2) is 45.4 Å². The average molecular weight is 394 g/mol. The predicted molar refractivity (Wildman–Crippen MR) is 112 cm³/mol. The van der Waals surface area contributed by atoms with Gasteiger partial charge in [0.1, 0.15) is 24.4 Å². The molecule has 0 spiro atoms. The Balaban J connectivity index is 1.52. The Morgan fingerprint density at radius 3 is 2.83 bits per heavy atom. The second kappa shape index (κ2) is 8.46. The number of anilines is 2. The van der Waals surface area contributed by atoms with Crippen LogP contribution in [-0.2, 0) is 11.3 Å². The first kappa shape index (κ1) is 19.2. The van der Waals surface area contributed by atoms with Crippen molar-refractivity contribution < 1.29 is 9.53 Å². The second-order valence-electron chi connectivity index (χ2n) is 7.38. The lowest BCUT2D eigenvalue weighted by molar-refractivity contribution is -0.116. The van der Waals surface area contributed by atoms with E-state index in [1.54, 1.807) is 17.2 Å². The van der Waals surface area contributed by atoms with Crippen LogP contribution >= 0.6 is 0 Å². The number of aromatic nitrogens is 4. The van der Waals surface area contributed by atoms with Gasteiger partial charge in [-0.2, -0.15) is 5.10 Å². The molecular formula is C21H26N6O2. The van der Waals surface area contributed by atoms with Gasteiger partial charge in [-0.3, -0.25) is 4.79 Å². The zero-order valence-electron chi connectivity index (χ0n) is 16.8. The van der Waals surface area contributed by atoms with Crippen LogP contribution < -0.4 is 15.0 Å². The normalized spacial score (nSPS) is 14.9. The van der Waals surface area contributed by atoms with Gasteiger partial charge in [0.15, 0.2) is 5.65 Å². The fraction of sp³-hybridized carbons (Fsp3) is 0.429. The molecule has 8 nitrogen and oxygen atoms in total. The summed E-state index contributed by atoms with van der Waals surface area (Å²) in [7, 11) is 0. The number of nitrogens with zero attached hydrogens (tertiary/aromatic N) is 5. The molecule has 3 heterocycles. The molecule has 0 bridgehead atoms. The highest BCUT2D eigenvalue weighted by Crippen LogP contribution is 2.27. The third-order valence-corrected chi connectivity index (χ3v) is 5.25. The molecule has 29 heavy (non-hydrogen) atoms. The quantitative estimate of drug-likeness (QED) is 0.691. The molecule has 0 radical (unpaired) electrons. The molecule has 1 fully saturated rings. The first-order valence-corrected chi connectivity index (χ1v) is 10.1.